The van der Waals surface area contributed by atoms with Crippen LogP contribution in [0.25, 0.3) is 0 Å². The second-order valence-electron chi connectivity index (χ2n) is 4.44. The monoisotopic (exact) mass is 335 g/mol. The Hall–Kier alpha value is -1.36. The summed E-state index contributed by atoms with van der Waals surface area (Å²) >= 11 is 3.42. The summed E-state index contributed by atoms with van der Waals surface area (Å²) in [6.45, 7) is 0.968. The van der Waals surface area contributed by atoms with Gasteiger partial charge in [0.05, 0.1) is 19.8 Å². The van der Waals surface area contributed by atoms with Crippen molar-refractivity contribution in [1.82, 2.24) is 0 Å². The molecule has 2 aromatic carbocycles. The average molecular weight is 336 g/mol. The summed E-state index contributed by atoms with van der Waals surface area (Å²) in [5.74, 6) is 0.813. The van der Waals surface area contributed by atoms with Crippen molar-refractivity contribution >= 4 is 15.9 Å². The maximum absolute atomic E-state index is 5.91. The number of benzene rings is 2. The molecule has 0 spiro atoms. The topological polar surface area (TPSA) is 44.5 Å². The van der Waals surface area contributed by atoms with Gasteiger partial charge in [0, 0.05) is 11.0 Å². The summed E-state index contributed by atoms with van der Waals surface area (Å²) in [6, 6.07) is 15.9. The van der Waals surface area contributed by atoms with Crippen molar-refractivity contribution in [2.45, 2.75) is 12.7 Å². The second kappa shape index (κ2) is 7.43. The molecule has 1 atom stereocenters. The van der Waals surface area contributed by atoms with Gasteiger partial charge in [-0.2, -0.15) is 0 Å². The van der Waals surface area contributed by atoms with Gasteiger partial charge < -0.3 is 15.2 Å². The molecule has 0 aliphatic rings. The van der Waals surface area contributed by atoms with Gasteiger partial charge in [-0.3, -0.25) is 0 Å². The fourth-order valence-electron chi connectivity index (χ4n) is 1.92. The van der Waals surface area contributed by atoms with Gasteiger partial charge in [-0.15, -0.1) is 0 Å². The van der Waals surface area contributed by atoms with Crippen molar-refractivity contribution in [3.8, 4) is 5.75 Å². The van der Waals surface area contributed by atoms with E-state index in [0.29, 0.717) is 13.2 Å². The van der Waals surface area contributed by atoms with Gasteiger partial charge in [0.2, 0.25) is 0 Å². The van der Waals surface area contributed by atoms with Crippen molar-refractivity contribution in [2.24, 2.45) is 5.73 Å². The molecule has 2 rings (SSSR count). The average Bonchev–Trinajstić information content (AvgIpc) is 2.50. The largest absolute Gasteiger partial charge is 0.497 e. The molecule has 0 saturated heterocycles. The molecule has 20 heavy (non-hydrogen) atoms. The highest BCUT2D eigenvalue weighted by molar-refractivity contribution is 9.10. The van der Waals surface area contributed by atoms with Crippen molar-refractivity contribution in [3.05, 3.63) is 64.1 Å². The third kappa shape index (κ3) is 4.07. The predicted molar refractivity (Wildman–Crippen MR) is 83.7 cm³/mol. The Labute approximate surface area is 127 Å². The molecule has 1 unspecified atom stereocenters. The first-order chi connectivity index (χ1) is 9.72. The molecule has 2 N–H and O–H groups in total. The summed E-state index contributed by atoms with van der Waals surface area (Å²) in [6.07, 6.45) is -0.131. The summed E-state index contributed by atoms with van der Waals surface area (Å²) in [4.78, 5) is 0. The van der Waals surface area contributed by atoms with Crippen LogP contribution < -0.4 is 10.5 Å². The van der Waals surface area contributed by atoms with Gasteiger partial charge in [-0.05, 0) is 35.4 Å². The molecule has 0 fully saturated rings. The number of rotatable bonds is 6. The molecule has 0 aliphatic carbocycles. The Kier molecular flexibility index (Phi) is 5.59. The Bertz CT molecular complexity index is 542. The molecule has 4 heteroatoms. The number of hydrogen-bond donors (Lipinski definition) is 1. The van der Waals surface area contributed by atoms with Crippen LogP contribution in [0.4, 0.5) is 0 Å². The standard InChI is InChI=1S/C16H18BrNO2/c1-19-15-4-2-3-13(9-15)16(10-18)20-11-12-5-7-14(17)8-6-12/h2-9,16H,10-11,18H2,1H3. The third-order valence-electron chi connectivity index (χ3n) is 3.04. The van der Waals surface area contributed by atoms with E-state index in [1.807, 2.05) is 48.5 Å². The highest BCUT2D eigenvalue weighted by atomic mass is 79.9. The highest BCUT2D eigenvalue weighted by Crippen LogP contribution is 2.22. The molecular formula is C16H18BrNO2. The lowest BCUT2D eigenvalue weighted by Crippen LogP contribution is -2.15. The smallest absolute Gasteiger partial charge is 0.119 e. The molecule has 0 radical (unpaired) electrons. The fraction of sp³-hybridized carbons (Fsp3) is 0.250. The van der Waals surface area contributed by atoms with Gasteiger partial charge in [0.1, 0.15) is 5.75 Å². The SMILES string of the molecule is COc1cccc(C(CN)OCc2ccc(Br)cc2)c1. The van der Waals surface area contributed by atoms with E-state index in [2.05, 4.69) is 15.9 Å². The number of hydrogen-bond acceptors (Lipinski definition) is 3. The van der Waals surface area contributed by atoms with Crippen LogP contribution in [0.3, 0.4) is 0 Å². The van der Waals surface area contributed by atoms with Crippen LogP contribution >= 0.6 is 15.9 Å². The first-order valence-electron chi connectivity index (χ1n) is 6.43. The Morgan fingerprint density at radius 3 is 2.55 bits per heavy atom. The molecule has 0 aliphatic heterocycles. The van der Waals surface area contributed by atoms with E-state index in [1.54, 1.807) is 7.11 Å². The minimum Gasteiger partial charge on any atom is -0.497 e. The van der Waals surface area contributed by atoms with Crippen LogP contribution in [0, 0.1) is 0 Å². The molecule has 0 aromatic heterocycles. The van der Waals surface area contributed by atoms with E-state index in [4.69, 9.17) is 15.2 Å². The number of nitrogens with two attached hydrogens (primary N) is 1. The Balaban J connectivity index is 2.03. The molecule has 0 amide bonds. The number of ether oxygens (including phenoxy) is 2. The molecule has 0 saturated carbocycles. The molecule has 3 nitrogen and oxygen atoms in total. The van der Waals surface area contributed by atoms with Crippen molar-refractivity contribution in [3.63, 3.8) is 0 Å². The number of methoxy groups -OCH3 is 1. The summed E-state index contributed by atoms with van der Waals surface area (Å²) in [5.41, 5.74) is 7.96. The van der Waals surface area contributed by atoms with Gasteiger partial charge in [0.25, 0.3) is 0 Å². The van der Waals surface area contributed by atoms with Gasteiger partial charge in [-0.1, -0.05) is 40.2 Å². The van der Waals surface area contributed by atoms with Gasteiger partial charge in [-0.25, -0.2) is 0 Å². The Morgan fingerprint density at radius 1 is 1.15 bits per heavy atom. The lowest BCUT2D eigenvalue weighted by molar-refractivity contribution is 0.0455. The van der Waals surface area contributed by atoms with Crippen LogP contribution in [0.15, 0.2) is 53.0 Å². The third-order valence-corrected chi connectivity index (χ3v) is 3.57. The zero-order chi connectivity index (χ0) is 14.4. The van der Waals surface area contributed by atoms with Crippen LogP contribution in [-0.4, -0.2) is 13.7 Å². The van der Waals surface area contributed by atoms with E-state index in [0.717, 1.165) is 21.3 Å². The molecule has 0 bridgehead atoms. The lowest BCUT2D eigenvalue weighted by atomic mass is 10.1. The minimum absolute atomic E-state index is 0.131. The highest BCUT2D eigenvalue weighted by Gasteiger charge is 2.11. The maximum atomic E-state index is 5.91. The van der Waals surface area contributed by atoms with E-state index >= 15 is 0 Å². The molecule has 0 heterocycles. The van der Waals surface area contributed by atoms with E-state index in [1.165, 1.54) is 0 Å². The normalized spacial score (nSPS) is 12.2. The molecule has 106 valence electrons. The van der Waals surface area contributed by atoms with Crippen LogP contribution in [0.1, 0.15) is 17.2 Å². The van der Waals surface area contributed by atoms with Crippen LogP contribution in [0.5, 0.6) is 5.75 Å². The predicted octanol–water partition coefficient (Wildman–Crippen LogP) is 3.67. The van der Waals surface area contributed by atoms with Crippen LogP contribution in [0.2, 0.25) is 0 Å². The maximum Gasteiger partial charge on any atom is 0.119 e. The first-order valence-corrected chi connectivity index (χ1v) is 7.22. The van der Waals surface area contributed by atoms with Gasteiger partial charge >= 0.3 is 0 Å². The zero-order valence-corrected chi connectivity index (χ0v) is 13.0. The first kappa shape index (κ1) is 15.0. The summed E-state index contributed by atoms with van der Waals surface area (Å²) in [7, 11) is 1.65. The van der Waals surface area contributed by atoms with Gasteiger partial charge in [0.15, 0.2) is 0 Å². The summed E-state index contributed by atoms with van der Waals surface area (Å²) < 4.78 is 12.2. The Morgan fingerprint density at radius 2 is 1.90 bits per heavy atom. The fourth-order valence-corrected chi connectivity index (χ4v) is 2.18. The lowest BCUT2D eigenvalue weighted by Gasteiger charge is -2.17. The number of halogens is 1. The zero-order valence-electron chi connectivity index (χ0n) is 11.4. The molecular weight excluding hydrogens is 318 g/mol. The van der Waals surface area contributed by atoms with E-state index < -0.39 is 0 Å². The van der Waals surface area contributed by atoms with E-state index in [9.17, 15) is 0 Å². The van der Waals surface area contributed by atoms with Crippen molar-refractivity contribution < 1.29 is 9.47 Å². The quantitative estimate of drug-likeness (QED) is 0.875. The van der Waals surface area contributed by atoms with E-state index in [-0.39, 0.29) is 6.10 Å². The van der Waals surface area contributed by atoms with Crippen molar-refractivity contribution in [1.29, 1.82) is 0 Å². The second-order valence-corrected chi connectivity index (χ2v) is 5.35. The minimum atomic E-state index is -0.131. The van der Waals surface area contributed by atoms with Crippen LogP contribution in [-0.2, 0) is 11.3 Å². The molecule has 2 aromatic rings. The summed E-state index contributed by atoms with van der Waals surface area (Å²) in [5, 5.41) is 0. The van der Waals surface area contributed by atoms with Crippen molar-refractivity contribution in [2.75, 3.05) is 13.7 Å².